The third-order valence-corrected chi connectivity index (χ3v) is 9.91. The van der Waals surface area contributed by atoms with Crippen molar-refractivity contribution in [2.45, 2.75) is 61.8 Å². The van der Waals surface area contributed by atoms with Crippen LogP contribution in [0.4, 0.5) is 0 Å². The highest BCUT2D eigenvalue weighted by Crippen LogP contribution is 2.34. The molecule has 2 fully saturated rings. The Bertz CT molecular complexity index is 1570. The number of sulfone groups is 1. The Labute approximate surface area is 228 Å². The van der Waals surface area contributed by atoms with Crippen LogP contribution < -0.4 is 10.9 Å². The number of fused-ring (bicyclic) bond motifs is 1. The van der Waals surface area contributed by atoms with Crippen molar-refractivity contribution < 1.29 is 13.2 Å². The molecule has 2 aliphatic rings. The van der Waals surface area contributed by atoms with Crippen molar-refractivity contribution in [1.29, 1.82) is 5.26 Å². The van der Waals surface area contributed by atoms with Gasteiger partial charge < -0.3 is 5.32 Å². The molecule has 3 aromatic rings. The summed E-state index contributed by atoms with van der Waals surface area (Å²) in [6.45, 7) is 1.84. The van der Waals surface area contributed by atoms with Crippen molar-refractivity contribution in [2.24, 2.45) is 0 Å². The number of hydrogen-bond acceptors (Lipinski definition) is 7. The van der Waals surface area contributed by atoms with Gasteiger partial charge in [0, 0.05) is 44.3 Å². The molecule has 1 aliphatic carbocycles. The normalized spacial score (nSPS) is 21.7. The summed E-state index contributed by atoms with van der Waals surface area (Å²) in [6, 6.07) is 14.7. The number of nitriles is 1. The highest BCUT2D eigenvalue weighted by Gasteiger charge is 2.38. The molecule has 3 aromatic heterocycles. The molecule has 1 amide bonds. The minimum absolute atomic E-state index is 0.00314. The van der Waals surface area contributed by atoms with E-state index in [1.165, 1.54) is 10.7 Å². The molecule has 1 saturated carbocycles. The summed E-state index contributed by atoms with van der Waals surface area (Å²) in [5.41, 5.74) is 1.27. The summed E-state index contributed by atoms with van der Waals surface area (Å²) in [4.78, 5) is 33.4. The number of pyridine rings is 3. The third kappa shape index (κ3) is 5.47. The fourth-order valence-corrected chi connectivity index (χ4v) is 7.43. The van der Waals surface area contributed by atoms with Gasteiger partial charge in [0.05, 0.1) is 22.5 Å². The van der Waals surface area contributed by atoms with Crippen molar-refractivity contribution in [3.05, 3.63) is 82.0 Å². The Kier molecular flexibility index (Phi) is 7.56. The summed E-state index contributed by atoms with van der Waals surface area (Å²) in [5, 5.41) is 12.2. The van der Waals surface area contributed by atoms with Gasteiger partial charge in [-0.1, -0.05) is 25.0 Å². The van der Waals surface area contributed by atoms with Crippen molar-refractivity contribution in [2.75, 3.05) is 19.3 Å². The van der Waals surface area contributed by atoms with Crippen molar-refractivity contribution in [1.82, 2.24) is 19.6 Å². The molecule has 39 heavy (non-hydrogen) atoms. The molecular formula is C29H33N5O4S. The highest BCUT2D eigenvalue weighted by molar-refractivity contribution is 7.91. The molecule has 1 N–H and O–H groups in total. The zero-order valence-electron chi connectivity index (χ0n) is 22.0. The first-order valence-electron chi connectivity index (χ1n) is 13.4. The number of amides is 1. The van der Waals surface area contributed by atoms with Crippen molar-refractivity contribution >= 4 is 21.3 Å². The van der Waals surface area contributed by atoms with Crippen LogP contribution in [0.2, 0.25) is 0 Å². The van der Waals surface area contributed by atoms with Crippen LogP contribution in [0.5, 0.6) is 0 Å². The second-order valence-corrected chi connectivity index (χ2v) is 13.0. The number of nitrogens with zero attached hydrogens (tertiary/aromatic N) is 4. The van der Waals surface area contributed by atoms with Crippen LogP contribution >= 0.6 is 0 Å². The maximum atomic E-state index is 13.4. The second kappa shape index (κ2) is 10.9. The predicted octanol–water partition coefficient (Wildman–Crippen LogP) is 2.84. The smallest absolute Gasteiger partial charge is 0.267 e. The molecule has 0 aromatic carbocycles. The molecule has 0 unspecified atom stereocenters. The minimum Gasteiger partial charge on any atom is -0.348 e. The fourth-order valence-electron chi connectivity index (χ4n) is 6.04. The summed E-state index contributed by atoms with van der Waals surface area (Å²) in [5.74, 6) is -0.544. The molecule has 0 spiro atoms. The summed E-state index contributed by atoms with van der Waals surface area (Å²) in [6.07, 6.45) is 8.54. The zero-order valence-corrected chi connectivity index (χ0v) is 22.9. The van der Waals surface area contributed by atoms with E-state index < -0.39 is 38.0 Å². The van der Waals surface area contributed by atoms with Crippen LogP contribution in [0.15, 0.2) is 59.7 Å². The fraction of sp³-hybridized carbons (Fsp3) is 0.448. The number of likely N-dealkylation sites (tertiary alicyclic amines) is 1. The van der Waals surface area contributed by atoms with Gasteiger partial charge in [0.25, 0.3) is 11.5 Å². The number of rotatable bonds is 6. The van der Waals surface area contributed by atoms with Crippen LogP contribution in [-0.4, -0.2) is 59.2 Å². The number of carbonyl (C=O) groups is 1. The minimum atomic E-state index is -3.34. The van der Waals surface area contributed by atoms with E-state index in [0.29, 0.717) is 50.8 Å². The largest absolute Gasteiger partial charge is 0.348 e. The summed E-state index contributed by atoms with van der Waals surface area (Å²) in [7, 11) is -3.34. The van der Waals surface area contributed by atoms with Gasteiger partial charge in [-0.15, -0.1) is 0 Å². The summed E-state index contributed by atoms with van der Waals surface area (Å²) >= 11 is 0. The lowest BCUT2D eigenvalue weighted by molar-refractivity contribution is 0.0927. The lowest BCUT2D eigenvalue weighted by atomic mass is 9.76. The molecule has 9 nitrogen and oxygen atoms in total. The van der Waals surface area contributed by atoms with Gasteiger partial charge >= 0.3 is 0 Å². The van der Waals surface area contributed by atoms with Crippen LogP contribution in [0.25, 0.3) is 5.52 Å². The van der Waals surface area contributed by atoms with Gasteiger partial charge in [0.15, 0.2) is 9.84 Å². The van der Waals surface area contributed by atoms with E-state index in [9.17, 15) is 23.3 Å². The monoisotopic (exact) mass is 547 g/mol. The topological polar surface area (TPSA) is 125 Å². The van der Waals surface area contributed by atoms with E-state index in [2.05, 4.69) is 21.3 Å². The molecule has 1 aliphatic heterocycles. The van der Waals surface area contributed by atoms with Gasteiger partial charge in [0.2, 0.25) is 0 Å². The number of carbonyl (C=O) groups excluding carboxylic acids is 1. The first-order valence-corrected chi connectivity index (χ1v) is 15.4. The number of nitrogens with one attached hydrogen (secondary N) is 1. The Morgan fingerprint density at radius 1 is 1.15 bits per heavy atom. The van der Waals surface area contributed by atoms with Crippen LogP contribution in [0.3, 0.4) is 0 Å². The molecule has 10 heteroatoms. The van der Waals surface area contributed by atoms with Crippen LogP contribution in [0.1, 0.15) is 60.1 Å². The summed E-state index contributed by atoms with van der Waals surface area (Å²) < 4.78 is 26.2. The third-order valence-electron chi connectivity index (χ3n) is 8.24. The van der Waals surface area contributed by atoms with Crippen LogP contribution in [-0.2, 0) is 21.8 Å². The van der Waals surface area contributed by atoms with Gasteiger partial charge in [-0.3, -0.25) is 23.9 Å². The Morgan fingerprint density at radius 2 is 1.90 bits per heavy atom. The molecule has 4 heterocycles. The highest BCUT2D eigenvalue weighted by atomic mass is 32.2. The average Bonchev–Trinajstić information content (AvgIpc) is 2.95. The SMILES string of the molecule is CS(=O)(=O)[C@H]1CCCC[C@H]1NC(=O)c1cc(CN2CCC(C#N)(c3ccccn3)CC2)c2ccccn2c1=O. The standard InChI is InChI=1S/C29H33N5O4S/c1-39(37,38)25-10-3-2-8-23(25)32-27(35)22-18-21(24-9-5-7-15-34(24)28(22)36)19-33-16-12-29(20-30,13-17-33)26-11-4-6-14-31-26/h4-7,9,11,14-15,18,23,25H,2-3,8,10,12-13,16-17,19H2,1H3,(H,32,35)/t23-,25+/m1/s1. The molecule has 204 valence electrons. The Morgan fingerprint density at radius 3 is 2.59 bits per heavy atom. The van der Waals surface area contributed by atoms with Gasteiger partial charge in [-0.05, 0) is 61.6 Å². The lowest BCUT2D eigenvalue weighted by Crippen LogP contribution is -2.49. The Hall–Kier alpha value is -3.55. The molecule has 0 radical (unpaired) electrons. The first kappa shape index (κ1) is 27.0. The van der Waals surface area contributed by atoms with Gasteiger partial charge in [0.1, 0.15) is 11.0 Å². The predicted molar refractivity (Wildman–Crippen MR) is 148 cm³/mol. The molecular weight excluding hydrogens is 514 g/mol. The van der Waals surface area contributed by atoms with E-state index in [1.54, 1.807) is 24.5 Å². The van der Waals surface area contributed by atoms with E-state index in [0.717, 1.165) is 24.1 Å². The van der Waals surface area contributed by atoms with Crippen molar-refractivity contribution in [3.63, 3.8) is 0 Å². The van der Waals surface area contributed by atoms with Crippen LogP contribution in [0, 0.1) is 11.3 Å². The maximum Gasteiger partial charge on any atom is 0.267 e. The first-order chi connectivity index (χ1) is 18.7. The van der Waals surface area contributed by atoms with Gasteiger partial charge in [-0.25, -0.2) is 8.42 Å². The number of aromatic nitrogens is 2. The molecule has 1 saturated heterocycles. The van der Waals surface area contributed by atoms with Gasteiger partial charge in [-0.2, -0.15) is 5.26 Å². The second-order valence-electron chi connectivity index (χ2n) is 10.8. The quantitative estimate of drug-likeness (QED) is 0.503. The Balaban J connectivity index is 1.40. The lowest BCUT2D eigenvalue weighted by Gasteiger charge is -2.37. The maximum absolute atomic E-state index is 13.4. The molecule has 0 bridgehead atoms. The molecule has 5 rings (SSSR count). The average molecular weight is 548 g/mol. The number of piperidine rings is 1. The van der Waals surface area contributed by atoms with E-state index in [-0.39, 0.29) is 5.56 Å². The van der Waals surface area contributed by atoms with E-state index >= 15 is 0 Å². The zero-order chi connectivity index (χ0) is 27.6. The number of hydrogen-bond donors (Lipinski definition) is 1. The van der Waals surface area contributed by atoms with E-state index in [1.807, 2.05) is 30.3 Å². The van der Waals surface area contributed by atoms with Crippen molar-refractivity contribution in [3.8, 4) is 6.07 Å². The molecule has 2 atom stereocenters. The van der Waals surface area contributed by atoms with E-state index in [4.69, 9.17) is 0 Å².